The smallest absolute Gasteiger partial charge is 0.328 e. The summed E-state index contributed by atoms with van der Waals surface area (Å²) in [5, 5.41) is 127. The minimum Gasteiger partial charge on any atom is -0.508 e. The second kappa shape index (κ2) is 46.5. The Kier molecular flexibility index (Phi) is 38.3. The number of aliphatic carboxylic acids is 6. The van der Waals surface area contributed by atoms with E-state index in [1.54, 1.807) is 75.4 Å². The van der Waals surface area contributed by atoms with Gasteiger partial charge >= 0.3 is 35.8 Å². The number of aromatic nitrogens is 1. The first kappa shape index (κ1) is 95.7. The normalized spacial score (nSPS) is 15.3. The molecule has 0 aliphatic heterocycles. The Labute approximate surface area is 662 Å². The van der Waals surface area contributed by atoms with Crippen LogP contribution >= 0.6 is 0 Å². The molecule has 0 aliphatic carbocycles. The van der Waals surface area contributed by atoms with Crippen LogP contribution in [0.3, 0.4) is 0 Å². The fourth-order valence-electron chi connectivity index (χ4n) is 11.6. The summed E-state index contributed by atoms with van der Waals surface area (Å²) in [5.41, 5.74) is 4.85. The number of amides is 12. The molecule has 4 aromatic rings. The van der Waals surface area contributed by atoms with Crippen molar-refractivity contribution in [3.8, 4) is 5.75 Å². The van der Waals surface area contributed by atoms with Crippen LogP contribution in [-0.2, 0) is 106 Å². The summed E-state index contributed by atoms with van der Waals surface area (Å²) in [6.45, 7) is 7.11. The number of rotatable bonds is 50. The molecule has 0 aliphatic rings. The van der Waals surface area contributed by atoms with E-state index in [2.05, 4.69) is 69.2 Å². The third kappa shape index (κ3) is 31.7. The van der Waals surface area contributed by atoms with Crippen molar-refractivity contribution in [1.29, 1.82) is 0 Å². The van der Waals surface area contributed by atoms with Crippen LogP contribution in [-0.4, -0.2) is 260 Å². The van der Waals surface area contributed by atoms with Crippen molar-refractivity contribution in [1.82, 2.24) is 68.8 Å². The second-order valence-electron chi connectivity index (χ2n) is 28.0. The number of phenols is 1. The molecule has 26 N–H and O–H groups in total. The number of benzene rings is 3. The summed E-state index contributed by atoms with van der Waals surface area (Å²) in [6.07, 6.45) is -9.85. The molecular weight excluding hydrogens is 1530 g/mol. The first-order valence-corrected chi connectivity index (χ1v) is 36.7. The van der Waals surface area contributed by atoms with E-state index >= 15 is 0 Å². The number of phenolic OH excluding ortho intramolecular Hbond substituents is 1. The number of carboxylic acid groups (broad SMARTS) is 6. The van der Waals surface area contributed by atoms with Crippen LogP contribution in [0.1, 0.15) is 116 Å². The first-order chi connectivity index (χ1) is 54.5. The number of para-hydroxylation sites is 1. The lowest BCUT2D eigenvalue weighted by molar-refractivity contribution is -0.403. The van der Waals surface area contributed by atoms with Crippen molar-refractivity contribution in [3.63, 3.8) is 0 Å². The minimum absolute atomic E-state index is 0.103. The van der Waals surface area contributed by atoms with E-state index in [4.69, 9.17) is 0 Å². The number of hydrogen-bond donors (Lipinski definition) is 24. The van der Waals surface area contributed by atoms with Gasteiger partial charge in [0.1, 0.15) is 78.6 Å². The highest BCUT2D eigenvalue weighted by atomic mass is 16.4. The van der Waals surface area contributed by atoms with Crippen molar-refractivity contribution >= 4 is 118 Å². The van der Waals surface area contributed by atoms with Crippen molar-refractivity contribution in [2.45, 2.75) is 209 Å². The Balaban J connectivity index is 1.71. The van der Waals surface area contributed by atoms with E-state index < -0.39 is 268 Å². The van der Waals surface area contributed by atoms with Crippen LogP contribution in [0.25, 0.3) is 10.9 Å². The average molecular weight is 1630 g/mol. The average Bonchev–Trinajstić information content (AvgIpc) is 1.63. The van der Waals surface area contributed by atoms with Gasteiger partial charge in [0.15, 0.2) is 12.1 Å². The minimum atomic E-state index is -2.19. The number of aromatic amines is 1. The van der Waals surface area contributed by atoms with Gasteiger partial charge in [0.25, 0.3) is 5.91 Å². The highest BCUT2D eigenvalue weighted by Gasteiger charge is 2.41. The van der Waals surface area contributed by atoms with Gasteiger partial charge in [0.2, 0.25) is 65.0 Å². The molecule has 4 rings (SSSR count). The van der Waals surface area contributed by atoms with E-state index in [1.165, 1.54) is 37.4 Å². The molecule has 634 valence electrons. The summed E-state index contributed by atoms with van der Waals surface area (Å²) in [6, 6.07) is -4.82. The maximum Gasteiger partial charge on any atom is 0.328 e. The summed E-state index contributed by atoms with van der Waals surface area (Å²) in [7, 11) is 0. The van der Waals surface area contributed by atoms with Gasteiger partial charge in [-0.2, -0.15) is 0 Å². The third-order valence-electron chi connectivity index (χ3n) is 18.1. The highest BCUT2D eigenvalue weighted by Crippen LogP contribution is 2.21. The van der Waals surface area contributed by atoms with Crippen molar-refractivity contribution < 1.29 is 143 Å². The molecule has 3 aromatic carbocycles. The fraction of sp³-hybridized carbons (Fsp3) is 0.486. The Morgan fingerprint density at radius 1 is 0.388 bits per heavy atom. The SMILES string of the molecule is CC[C@H](C)[C@H](NC(=O)[C@H](Cc1ccc(O)cc1)NC(=O)[C@H](CC(=O)O)NC(=O)[C@H](Cc1c[nH]c2ccccc12)NC(=O)[C@H](CO)NC(=O)[C@H](CCC(=O)O)NC(=O)[C@H](CC(=O)O)NC(=O)[C@H](CC(C)C)NC(=O)[C@@H]([NH3+])CC(=O)O)C(=O)N[C@@H](Cc1ccccc1)C(=O)N[C@@H](CCC(=O)O)C(=O)N[C@H](C(=O)N[C@H](C(=O)O)[C@@H](C)O)[C@@H](C)O. The third-order valence-corrected chi connectivity index (χ3v) is 18.1. The van der Waals surface area contributed by atoms with Gasteiger partial charge in [-0.3, -0.25) is 81.5 Å². The second-order valence-corrected chi connectivity index (χ2v) is 28.0. The van der Waals surface area contributed by atoms with Crippen LogP contribution in [0.2, 0.25) is 0 Å². The summed E-state index contributed by atoms with van der Waals surface area (Å²) >= 11 is 0. The van der Waals surface area contributed by atoms with Gasteiger partial charge in [-0.15, -0.1) is 0 Å². The Morgan fingerprint density at radius 2 is 0.759 bits per heavy atom. The molecule has 0 radical (unpaired) electrons. The molecule has 0 spiro atoms. The molecule has 116 heavy (non-hydrogen) atoms. The topological polar surface area (TPSA) is 697 Å². The standard InChI is InChI=1S/C74H100N14O28/c1-7-35(4)59(72(113)84-48(26-38-13-9-8-10-14-38)66(107)78-46(22-24-55(95)96)64(105)87-60(36(5)90)73(114)88-61(37(6)91)74(115)116)86-70(111)49(27-39-17-19-41(92)20-18-39)80-69(110)52(31-58(101)102)83-67(108)50(28-40-32-76-44-16-12-11-15-42(40)44)81-71(112)53(33-89)85-63(104)45(21-23-54(93)94)77-68(109)51(30-57(99)100)82-65(106)47(25-34(2)3)79-62(103)43(75)29-56(97)98/h8-20,32,34-37,43,45-53,59-61,76,89-92H,7,21-31,33,75H2,1-6H3,(H,77,109)(H,78,107)(H,79,103)(H,80,110)(H,81,112)(H,82,106)(H,83,108)(H,84,113)(H,85,104)(H,86,111)(H,87,105)(H,88,114)(H,93,94)(H,95,96)(H,97,98)(H,99,100)(H,101,102)(H,115,116)/p+1/t35-,36+,37+,43-,45-,46-,47-,48-,49-,50-,51-,52-,53-,59-,60-,61-/m0/s1. The lowest BCUT2D eigenvalue weighted by Crippen LogP contribution is -2.69. The number of nitrogens with one attached hydrogen (secondary N) is 13. The molecule has 0 unspecified atom stereocenters. The first-order valence-electron chi connectivity index (χ1n) is 36.7. The predicted molar refractivity (Wildman–Crippen MR) is 401 cm³/mol. The highest BCUT2D eigenvalue weighted by molar-refractivity contribution is 6.01. The van der Waals surface area contributed by atoms with Gasteiger partial charge in [-0.1, -0.05) is 94.8 Å². The zero-order valence-corrected chi connectivity index (χ0v) is 64.1. The largest absolute Gasteiger partial charge is 0.508 e. The number of aliphatic hydroxyl groups excluding tert-OH is 3. The molecular formula is C74H101N14O28+. The number of carboxylic acids is 6. The van der Waals surface area contributed by atoms with Gasteiger partial charge in [-0.25, -0.2) is 4.79 Å². The molecule has 0 saturated carbocycles. The number of H-pyrrole nitrogens is 1. The lowest BCUT2D eigenvalue weighted by atomic mass is 9.96. The number of carbonyl (C=O) groups is 18. The van der Waals surface area contributed by atoms with E-state index in [0.717, 1.165) is 13.8 Å². The number of carbonyl (C=O) groups excluding carboxylic acids is 12. The summed E-state index contributed by atoms with van der Waals surface area (Å²) < 4.78 is 0. The molecule has 42 heteroatoms. The van der Waals surface area contributed by atoms with Crippen LogP contribution in [0.5, 0.6) is 5.75 Å². The quantitative estimate of drug-likeness (QED) is 0.0196. The van der Waals surface area contributed by atoms with Gasteiger partial charge in [0.05, 0.1) is 31.7 Å². The van der Waals surface area contributed by atoms with Crippen molar-refractivity contribution in [2.24, 2.45) is 11.8 Å². The zero-order valence-electron chi connectivity index (χ0n) is 64.1. The molecule has 42 nitrogen and oxygen atoms in total. The van der Waals surface area contributed by atoms with Gasteiger partial charge in [0, 0.05) is 49.2 Å². The van der Waals surface area contributed by atoms with E-state index in [-0.39, 0.29) is 42.1 Å². The van der Waals surface area contributed by atoms with E-state index in [9.17, 15) is 137 Å². The maximum absolute atomic E-state index is 15.0. The van der Waals surface area contributed by atoms with Crippen LogP contribution in [0.15, 0.2) is 85.1 Å². The number of hydrogen-bond acceptors (Lipinski definition) is 22. The number of fused-ring (bicyclic) bond motifs is 1. The summed E-state index contributed by atoms with van der Waals surface area (Å²) in [5.74, 6) is -26.1. The number of aliphatic hydroxyl groups is 3. The van der Waals surface area contributed by atoms with Crippen LogP contribution < -0.4 is 69.5 Å². The Bertz CT molecular complexity index is 4160. The van der Waals surface area contributed by atoms with Crippen LogP contribution in [0, 0.1) is 11.8 Å². The molecule has 0 bridgehead atoms. The van der Waals surface area contributed by atoms with Gasteiger partial charge < -0.3 is 126 Å². The lowest BCUT2D eigenvalue weighted by Gasteiger charge is -2.30. The molecule has 0 saturated heterocycles. The number of quaternary nitrogens is 1. The maximum atomic E-state index is 15.0. The molecule has 1 aromatic heterocycles. The molecule has 1 heterocycles. The summed E-state index contributed by atoms with van der Waals surface area (Å²) in [4.78, 5) is 245. The Morgan fingerprint density at radius 3 is 1.22 bits per heavy atom. The van der Waals surface area contributed by atoms with E-state index in [1.807, 2.05) is 5.32 Å². The molecule has 12 amide bonds. The zero-order chi connectivity index (χ0) is 87.0. The van der Waals surface area contributed by atoms with E-state index in [0.29, 0.717) is 16.5 Å². The molecule has 0 fully saturated rings. The predicted octanol–water partition coefficient (Wildman–Crippen LogP) is -5.59. The van der Waals surface area contributed by atoms with Crippen molar-refractivity contribution in [3.05, 3.63) is 102 Å². The molecule has 16 atom stereocenters. The fourth-order valence-corrected chi connectivity index (χ4v) is 11.6. The van der Waals surface area contributed by atoms with Gasteiger partial charge in [-0.05, 0) is 79.8 Å². The monoisotopic (exact) mass is 1630 g/mol. The van der Waals surface area contributed by atoms with Crippen LogP contribution in [0.4, 0.5) is 0 Å². The van der Waals surface area contributed by atoms with Crippen molar-refractivity contribution in [2.75, 3.05) is 6.61 Å². The number of aromatic hydroxyl groups is 1. The Hall–Kier alpha value is -12.7.